The van der Waals surface area contributed by atoms with E-state index in [1.807, 2.05) is 36.5 Å². The first-order valence-corrected chi connectivity index (χ1v) is 5.69. The van der Waals surface area contributed by atoms with Crippen LogP contribution in [0.2, 0.25) is 5.02 Å². The Kier molecular flexibility index (Phi) is 2.29. The topological polar surface area (TPSA) is 16.1 Å². The van der Waals surface area contributed by atoms with Crippen molar-refractivity contribution >= 4 is 23.1 Å². The summed E-state index contributed by atoms with van der Waals surface area (Å²) in [6, 6.07) is 12.0. The van der Waals surface area contributed by atoms with Gasteiger partial charge in [-0.3, -0.25) is 0 Å². The summed E-state index contributed by atoms with van der Waals surface area (Å²) in [6.45, 7) is 0.979. The summed E-state index contributed by atoms with van der Waals surface area (Å²) in [6.07, 6.45) is 2.88. The molecule has 3 rings (SSSR count). The highest BCUT2D eigenvalue weighted by Crippen LogP contribution is 2.34. The van der Waals surface area contributed by atoms with Crippen LogP contribution in [0.25, 0.3) is 0 Å². The van der Waals surface area contributed by atoms with E-state index < -0.39 is 0 Å². The van der Waals surface area contributed by atoms with Gasteiger partial charge in [0.1, 0.15) is 5.82 Å². The van der Waals surface area contributed by atoms with Gasteiger partial charge in [0.25, 0.3) is 0 Å². The number of hydrogen-bond donors (Lipinski definition) is 0. The lowest BCUT2D eigenvalue weighted by atomic mass is 10.2. The maximum absolute atomic E-state index is 6.03. The maximum Gasteiger partial charge on any atom is 0.132 e. The Labute approximate surface area is 99.5 Å². The van der Waals surface area contributed by atoms with Gasteiger partial charge in [0.05, 0.1) is 0 Å². The highest BCUT2D eigenvalue weighted by molar-refractivity contribution is 6.30. The quantitative estimate of drug-likeness (QED) is 0.746. The number of halogens is 1. The van der Waals surface area contributed by atoms with E-state index in [0.717, 1.165) is 23.8 Å². The molecule has 1 aromatic carbocycles. The minimum atomic E-state index is 0.779. The highest BCUT2D eigenvalue weighted by atomic mass is 35.5. The highest BCUT2D eigenvalue weighted by Gasteiger charge is 2.20. The lowest BCUT2D eigenvalue weighted by Crippen LogP contribution is -2.14. The summed E-state index contributed by atoms with van der Waals surface area (Å²) in [5.41, 5.74) is 2.53. The summed E-state index contributed by atoms with van der Waals surface area (Å²) < 4.78 is 0. The van der Waals surface area contributed by atoms with Crippen molar-refractivity contribution in [2.75, 3.05) is 11.4 Å². The number of aromatic nitrogens is 1. The standard InChI is InChI=1S/C13H11ClN2/c14-11-5-4-10-6-8-16(12(10)9-11)13-3-1-2-7-15-13/h1-5,7,9H,6,8H2. The zero-order chi connectivity index (χ0) is 11.0. The third-order valence-corrected chi connectivity index (χ3v) is 3.10. The van der Waals surface area contributed by atoms with Gasteiger partial charge in [-0.2, -0.15) is 0 Å². The third kappa shape index (κ3) is 1.55. The van der Waals surface area contributed by atoms with Crippen molar-refractivity contribution in [3.8, 4) is 0 Å². The zero-order valence-electron chi connectivity index (χ0n) is 8.73. The molecule has 0 atom stereocenters. The molecule has 3 heteroatoms. The van der Waals surface area contributed by atoms with E-state index in [2.05, 4.69) is 16.0 Å². The van der Waals surface area contributed by atoms with Crippen LogP contribution in [-0.4, -0.2) is 11.5 Å². The van der Waals surface area contributed by atoms with Crippen LogP contribution in [0.3, 0.4) is 0 Å². The summed E-state index contributed by atoms with van der Waals surface area (Å²) in [7, 11) is 0. The number of anilines is 2. The van der Waals surface area contributed by atoms with Crippen molar-refractivity contribution in [1.82, 2.24) is 4.98 Å². The molecule has 0 bridgehead atoms. The molecule has 0 aliphatic carbocycles. The minimum absolute atomic E-state index is 0.779. The SMILES string of the molecule is Clc1ccc2c(c1)N(c1ccccn1)CC2. The van der Waals surface area contributed by atoms with Gasteiger partial charge in [-0.25, -0.2) is 4.98 Å². The van der Waals surface area contributed by atoms with E-state index in [4.69, 9.17) is 11.6 Å². The number of nitrogens with zero attached hydrogens (tertiary/aromatic N) is 2. The van der Waals surface area contributed by atoms with Crippen molar-refractivity contribution in [3.05, 3.63) is 53.2 Å². The lowest BCUT2D eigenvalue weighted by Gasteiger charge is -2.18. The van der Waals surface area contributed by atoms with Gasteiger partial charge >= 0.3 is 0 Å². The Bertz CT molecular complexity index is 511. The molecule has 1 aromatic heterocycles. The Morgan fingerprint density at radius 1 is 1.19 bits per heavy atom. The molecule has 2 heterocycles. The van der Waals surface area contributed by atoms with Crippen molar-refractivity contribution < 1.29 is 0 Å². The summed E-state index contributed by atoms with van der Waals surface area (Å²) in [5.74, 6) is 0.989. The molecule has 0 spiro atoms. The predicted octanol–water partition coefficient (Wildman–Crippen LogP) is 3.43. The van der Waals surface area contributed by atoms with Gasteiger partial charge in [0.15, 0.2) is 0 Å². The molecule has 0 fully saturated rings. The van der Waals surface area contributed by atoms with E-state index in [-0.39, 0.29) is 0 Å². The van der Waals surface area contributed by atoms with Crippen LogP contribution in [-0.2, 0) is 6.42 Å². The monoisotopic (exact) mass is 230 g/mol. The smallest absolute Gasteiger partial charge is 0.132 e. The van der Waals surface area contributed by atoms with Crippen LogP contribution in [0.4, 0.5) is 11.5 Å². The first-order chi connectivity index (χ1) is 7.84. The molecule has 0 amide bonds. The molecular formula is C13H11ClN2. The van der Waals surface area contributed by atoms with Gasteiger partial charge < -0.3 is 4.90 Å². The molecule has 2 aromatic rings. The van der Waals surface area contributed by atoms with Crippen LogP contribution < -0.4 is 4.90 Å². The second-order valence-electron chi connectivity index (χ2n) is 3.86. The summed E-state index contributed by atoms with van der Waals surface area (Å²) >= 11 is 6.03. The molecule has 0 unspecified atom stereocenters. The van der Waals surface area contributed by atoms with Crippen LogP contribution in [0, 0.1) is 0 Å². The maximum atomic E-state index is 6.03. The molecule has 1 aliphatic rings. The van der Waals surface area contributed by atoms with Crippen LogP contribution >= 0.6 is 11.6 Å². The first kappa shape index (κ1) is 9.67. The molecule has 0 radical (unpaired) electrons. The van der Waals surface area contributed by atoms with Crippen molar-refractivity contribution in [2.24, 2.45) is 0 Å². The first-order valence-electron chi connectivity index (χ1n) is 5.31. The van der Waals surface area contributed by atoms with E-state index >= 15 is 0 Å². The molecule has 80 valence electrons. The Morgan fingerprint density at radius 2 is 2.12 bits per heavy atom. The molecular weight excluding hydrogens is 220 g/mol. The molecule has 2 nitrogen and oxygen atoms in total. The normalized spacial score (nSPS) is 13.9. The number of pyridine rings is 1. The second kappa shape index (κ2) is 3.80. The Balaban J connectivity index is 2.06. The number of fused-ring (bicyclic) bond motifs is 1. The zero-order valence-corrected chi connectivity index (χ0v) is 9.48. The van der Waals surface area contributed by atoms with Crippen molar-refractivity contribution in [1.29, 1.82) is 0 Å². The van der Waals surface area contributed by atoms with Gasteiger partial charge in [0, 0.05) is 23.5 Å². The van der Waals surface area contributed by atoms with E-state index in [1.165, 1.54) is 11.3 Å². The minimum Gasteiger partial charge on any atom is -0.326 e. The predicted molar refractivity (Wildman–Crippen MR) is 66.4 cm³/mol. The van der Waals surface area contributed by atoms with Gasteiger partial charge in [-0.05, 0) is 36.2 Å². The van der Waals surface area contributed by atoms with Gasteiger partial charge in [-0.15, -0.1) is 0 Å². The van der Waals surface area contributed by atoms with Gasteiger partial charge in [0.2, 0.25) is 0 Å². The summed E-state index contributed by atoms with van der Waals surface area (Å²) in [4.78, 5) is 6.58. The van der Waals surface area contributed by atoms with Crippen LogP contribution in [0.1, 0.15) is 5.56 Å². The average Bonchev–Trinajstić information content (AvgIpc) is 2.73. The van der Waals surface area contributed by atoms with E-state index in [9.17, 15) is 0 Å². The fraction of sp³-hybridized carbons (Fsp3) is 0.154. The Morgan fingerprint density at radius 3 is 2.94 bits per heavy atom. The average molecular weight is 231 g/mol. The van der Waals surface area contributed by atoms with E-state index in [1.54, 1.807) is 0 Å². The van der Waals surface area contributed by atoms with Crippen molar-refractivity contribution in [3.63, 3.8) is 0 Å². The largest absolute Gasteiger partial charge is 0.326 e. The second-order valence-corrected chi connectivity index (χ2v) is 4.30. The Hall–Kier alpha value is -1.54. The van der Waals surface area contributed by atoms with E-state index in [0.29, 0.717) is 0 Å². The molecule has 1 aliphatic heterocycles. The third-order valence-electron chi connectivity index (χ3n) is 2.87. The van der Waals surface area contributed by atoms with Crippen LogP contribution in [0.5, 0.6) is 0 Å². The van der Waals surface area contributed by atoms with Crippen LogP contribution in [0.15, 0.2) is 42.6 Å². The summed E-state index contributed by atoms with van der Waals surface area (Å²) in [5, 5.41) is 0.779. The fourth-order valence-electron chi connectivity index (χ4n) is 2.10. The lowest BCUT2D eigenvalue weighted by molar-refractivity contribution is 0.974. The molecule has 0 N–H and O–H groups in total. The number of benzene rings is 1. The number of rotatable bonds is 1. The van der Waals surface area contributed by atoms with Gasteiger partial charge in [-0.1, -0.05) is 23.7 Å². The molecule has 0 saturated heterocycles. The fourth-order valence-corrected chi connectivity index (χ4v) is 2.27. The molecule has 16 heavy (non-hydrogen) atoms. The van der Waals surface area contributed by atoms with Crippen molar-refractivity contribution in [2.45, 2.75) is 6.42 Å². The number of hydrogen-bond acceptors (Lipinski definition) is 2. The molecule has 0 saturated carbocycles.